The van der Waals surface area contributed by atoms with Crippen LogP contribution in [0.5, 0.6) is 0 Å². The van der Waals surface area contributed by atoms with Crippen LogP contribution < -0.4 is 10.6 Å². The molecule has 1 heterocycles. The van der Waals surface area contributed by atoms with E-state index in [-0.39, 0.29) is 37.7 Å². The second-order valence-electron chi connectivity index (χ2n) is 9.21. The van der Waals surface area contributed by atoms with Gasteiger partial charge in [0.05, 0.1) is 25.2 Å². The lowest BCUT2D eigenvalue weighted by atomic mass is 9.98. The molecule has 178 valence electrons. The molecular weight excluding hydrogens is 436 g/mol. The molecular formula is C26H28N2O6. The van der Waals surface area contributed by atoms with E-state index in [1.54, 1.807) is 0 Å². The van der Waals surface area contributed by atoms with Gasteiger partial charge in [-0.15, -0.1) is 0 Å². The number of benzene rings is 2. The number of carbonyl (C=O) groups excluding carboxylic acids is 2. The maximum absolute atomic E-state index is 12.9. The molecule has 3 N–H and O–H groups in total. The monoisotopic (exact) mass is 464 g/mol. The summed E-state index contributed by atoms with van der Waals surface area (Å²) in [7, 11) is 0. The molecule has 2 fully saturated rings. The van der Waals surface area contributed by atoms with Crippen LogP contribution in [-0.4, -0.2) is 55.0 Å². The SMILES string of the molecule is O=C(NC1CCCC1C(=O)NC1COCC1C(=O)O)OCC1c2ccccc2-c2ccccc21. The second kappa shape index (κ2) is 9.46. The fraction of sp³-hybridized carbons (Fsp3) is 0.423. The van der Waals surface area contributed by atoms with Gasteiger partial charge in [0.1, 0.15) is 12.5 Å². The number of carbonyl (C=O) groups is 3. The highest BCUT2D eigenvalue weighted by molar-refractivity contribution is 5.82. The first-order chi connectivity index (χ1) is 16.5. The van der Waals surface area contributed by atoms with Gasteiger partial charge in [0.2, 0.25) is 5.91 Å². The Morgan fingerprint density at radius 3 is 2.24 bits per heavy atom. The van der Waals surface area contributed by atoms with Gasteiger partial charge in [-0.3, -0.25) is 9.59 Å². The molecule has 0 aromatic heterocycles. The summed E-state index contributed by atoms with van der Waals surface area (Å²) in [6.45, 7) is 0.482. The van der Waals surface area contributed by atoms with Crippen molar-refractivity contribution < 1.29 is 29.0 Å². The summed E-state index contributed by atoms with van der Waals surface area (Å²) in [5.41, 5.74) is 4.60. The summed E-state index contributed by atoms with van der Waals surface area (Å²) in [6, 6.07) is 15.4. The van der Waals surface area contributed by atoms with E-state index in [0.717, 1.165) is 28.7 Å². The first-order valence-corrected chi connectivity index (χ1v) is 11.8. The van der Waals surface area contributed by atoms with Crippen LogP contribution in [-0.2, 0) is 19.1 Å². The van der Waals surface area contributed by atoms with Crippen molar-refractivity contribution in [3.05, 3.63) is 59.7 Å². The number of hydrogen-bond donors (Lipinski definition) is 3. The summed E-state index contributed by atoms with van der Waals surface area (Å²) in [6.07, 6.45) is 1.56. The minimum Gasteiger partial charge on any atom is -0.481 e. The van der Waals surface area contributed by atoms with Crippen molar-refractivity contribution in [3.63, 3.8) is 0 Å². The van der Waals surface area contributed by atoms with Crippen molar-refractivity contribution in [2.24, 2.45) is 11.8 Å². The maximum Gasteiger partial charge on any atom is 0.407 e. The van der Waals surface area contributed by atoms with E-state index < -0.39 is 29.9 Å². The standard InChI is InChI=1S/C26H28N2O6/c29-24(27-23-14-33-12-21(23)25(30)31)19-10-5-11-22(19)28-26(32)34-13-20-17-8-3-1-6-15(17)16-7-2-4-9-18(16)20/h1-4,6-9,19-23H,5,10-14H2,(H,27,29)(H,28,32)(H,30,31). The molecule has 3 aliphatic rings. The van der Waals surface area contributed by atoms with E-state index in [1.165, 1.54) is 0 Å². The Labute approximate surface area is 197 Å². The minimum absolute atomic E-state index is 0.0313. The van der Waals surface area contributed by atoms with Crippen LogP contribution in [0.1, 0.15) is 36.3 Å². The maximum atomic E-state index is 12.9. The molecule has 5 rings (SSSR count). The zero-order valence-electron chi connectivity index (χ0n) is 18.7. The molecule has 4 unspecified atom stereocenters. The van der Waals surface area contributed by atoms with Crippen LogP contribution in [0.3, 0.4) is 0 Å². The molecule has 8 heteroatoms. The molecule has 2 aromatic rings. The zero-order chi connectivity index (χ0) is 23.7. The van der Waals surface area contributed by atoms with Gasteiger partial charge >= 0.3 is 12.1 Å². The van der Waals surface area contributed by atoms with Gasteiger partial charge in [0.25, 0.3) is 0 Å². The van der Waals surface area contributed by atoms with Crippen molar-refractivity contribution in [2.45, 2.75) is 37.3 Å². The smallest absolute Gasteiger partial charge is 0.407 e. The first kappa shape index (κ1) is 22.4. The van der Waals surface area contributed by atoms with Crippen LogP contribution in [0, 0.1) is 11.8 Å². The van der Waals surface area contributed by atoms with Crippen LogP contribution in [0.4, 0.5) is 4.79 Å². The van der Waals surface area contributed by atoms with Crippen LogP contribution in [0.2, 0.25) is 0 Å². The van der Waals surface area contributed by atoms with Crippen LogP contribution in [0.15, 0.2) is 48.5 Å². The van der Waals surface area contributed by atoms with Gasteiger partial charge in [-0.1, -0.05) is 55.0 Å². The number of nitrogens with one attached hydrogen (secondary N) is 2. The largest absolute Gasteiger partial charge is 0.481 e. The number of aliphatic carboxylic acids is 1. The number of amides is 2. The summed E-state index contributed by atoms with van der Waals surface area (Å²) in [5.74, 6) is -2.43. The van der Waals surface area contributed by atoms with E-state index in [2.05, 4.69) is 34.9 Å². The van der Waals surface area contributed by atoms with Crippen molar-refractivity contribution in [3.8, 4) is 11.1 Å². The van der Waals surface area contributed by atoms with E-state index in [0.29, 0.717) is 12.8 Å². The molecule has 2 aromatic carbocycles. The number of fused-ring (bicyclic) bond motifs is 3. The molecule has 1 saturated carbocycles. The normalized spacial score (nSPS) is 25.4. The molecule has 34 heavy (non-hydrogen) atoms. The van der Waals surface area contributed by atoms with E-state index in [4.69, 9.17) is 9.47 Å². The fourth-order valence-corrected chi connectivity index (χ4v) is 5.47. The number of carboxylic acid groups (broad SMARTS) is 1. The highest BCUT2D eigenvalue weighted by atomic mass is 16.5. The Hall–Kier alpha value is -3.39. The molecule has 8 nitrogen and oxygen atoms in total. The summed E-state index contributed by atoms with van der Waals surface area (Å²) in [4.78, 5) is 36.9. The molecule has 2 amide bonds. The topological polar surface area (TPSA) is 114 Å². The molecule has 2 aliphatic carbocycles. The van der Waals surface area contributed by atoms with E-state index in [9.17, 15) is 19.5 Å². The van der Waals surface area contributed by atoms with Gasteiger partial charge in [-0.2, -0.15) is 0 Å². The fourth-order valence-electron chi connectivity index (χ4n) is 5.47. The Morgan fingerprint density at radius 1 is 0.882 bits per heavy atom. The average molecular weight is 465 g/mol. The Morgan fingerprint density at radius 2 is 1.56 bits per heavy atom. The lowest BCUT2D eigenvalue weighted by Crippen LogP contribution is -2.49. The van der Waals surface area contributed by atoms with Crippen molar-refractivity contribution in [2.75, 3.05) is 19.8 Å². The lowest BCUT2D eigenvalue weighted by molar-refractivity contribution is -0.142. The lowest BCUT2D eigenvalue weighted by Gasteiger charge is -2.23. The van der Waals surface area contributed by atoms with Gasteiger partial charge in [0, 0.05) is 12.0 Å². The van der Waals surface area contributed by atoms with Crippen molar-refractivity contribution in [1.82, 2.24) is 10.6 Å². The summed E-state index contributed by atoms with van der Waals surface area (Å²) >= 11 is 0. The van der Waals surface area contributed by atoms with Gasteiger partial charge in [-0.25, -0.2) is 4.79 Å². The third-order valence-corrected chi connectivity index (χ3v) is 7.23. The minimum atomic E-state index is -0.984. The van der Waals surface area contributed by atoms with Crippen molar-refractivity contribution >= 4 is 18.0 Å². The molecule has 1 aliphatic heterocycles. The van der Waals surface area contributed by atoms with Crippen LogP contribution >= 0.6 is 0 Å². The number of ether oxygens (including phenoxy) is 2. The second-order valence-corrected chi connectivity index (χ2v) is 9.21. The summed E-state index contributed by atoms with van der Waals surface area (Å²) < 4.78 is 10.9. The third kappa shape index (κ3) is 4.25. The first-order valence-electron chi connectivity index (χ1n) is 11.8. The molecule has 4 atom stereocenters. The van der Waals surface area contributed by atoms with E-state index in [1.807, 2.05) is 24.3 Å². The summed E-state index contributed by atoms with van der Waals surface area (Å²) in [5, 5.41) is 15.0. The molecule has 0 bridgehead atoms. The average Bonchev–Trinajstić information content (AvgIpc) is 3.55. The van der Waals surface area contributed by atoms with Crippen molar-refractivity contribution in [1.29, 1.82) is 0 Å². The number of alkyl carbamates (subject to hydrolysis) is 1. The van der Waals surface area contributed by atoms with Crippen LogP contribution in [0.25, 0.3) is 11.1 Å². The highest BCUT2D eigenvalue weighted by Gasteiger charge is 2.40. The third-order valence-electron chi connectivity index (χ3n) is 7.23. The van der Waals surface area contributed by atoms with Gasteiger partial charge < -0.3 is 25.2 Å². The zero-order valence-corrected chi connectivity index (χ0v) is 18.7. The Bertz CT molecular complexity index is 1060. The Kier molecular flexibility index (Phi) is 6.24. The van der Waals surface area contributed by atoms with E-state index >= 15 is 0 Å². The molecule has 0 spiro atoms. The van der Waals surface area contributed by atoms with Gasteiger partial charge in [-0.05, 0) is 35.1 Å². The van der Waals surface area contributed by atoms with Gasteiger partial charge in [0.15, 0.2) is 0 Å². The Balaban J connectivity index is 1.19. The quantitative estimate of drug-likeness (QED) is 0.606. The predicted molar refractivity (Wildman–Crippen MR) is 123 cm³/mol. The highest BCUT2D eigenvalue weighted by Crippen LogP contribution is 2.44. The molecule has 0 radical (unpaired) electrons. The predicted octanol–water partition coefficient (Wildman–Crippen LogP) is 2.91. The number of carboxylic acids is 1. The molecule has 1 saturated heterocycles. The number of rotatable bonds is 6. The number of hydrogen-bond acceptors (Lipinski definition) is 5.